The first-order valence-electron chi connectivity index (χ1n) is 12.7. The van der Waals surface area contributed by atoms with Crippen LogP contribution in [0, 0.1) is 5.92 Å². The van der Waals surface area contributed by atoms with Gasteiger partial charge in [-0.05, 0) is 55.3 Å². The second-order valence-electron chi connectivity index (χ2n) is 9.40. The lowest BCUT2D eigenvalue weighted by Crippen LogP contribution is -2.40. The molecule has 0 atom stereocenters. The van der Waals surface area contributed by atoms with Crippen LogP contribution >= 0.6 is 0 Å². The molecule has 10 nitrogen and oxygen atoms in total. The number of nitrogens with one attached hydrogen (secondary N) is 1. The van der Waals surface area contributed by atoms with E-state index in [2.05, 4.69) is 37.5 Å². The van der Waals surface area contributed by atoms with Crippen LogP contribution in [0.5, 0.6) is 11.5 Å². The molecule has 0 spiro atoms. The van der Waals surface area contributed by atoms with E-state index in [1.54, 1.807) is 26.7 Å². The van der Waals surface area contributed by atoms with Crippen molar-refractivity contribution < 1.29 is 18.8 Å². The molecule has 198 valence electrons. The Morgan fingerprint density at radius 2 is 1.87 bits per heavy atom. The van der Waals surface area contributed by atoms with E-state index in [1.807, 2.05) is 41.1 Å². The number of rotatable bonds is 10. The highest BCUT2D eigenvalue weighted by Gasteiger charge is 2.26. The summed E-state index contributed by atoms with van der Waals surface area (Å²) in [6, 6.07) is 13.8. The fourth-order valence-corrected chi connectivity index (χ4v) is 4.72. The lowest BCUT2D eigenvalue weighted by Gasteiger charge is -2.30. The predicted molar refractivity (Wildman–Crippen MR) is 140 cm³/mol. The van der Waals surface area contributed by atoms with Gasteiger partial charge in [-0.1, -0.05) is 29.4 Å². The van der Waals surface area contributed by atoms with Crippen molar-refractivity contribution in [3.8, 4) is 22.9 Å². The second kappa shape index (κ2) is 11.9. The van der Waals surface area contributed by atoms with Crippen LogP contribution in [0.15, 0.2) is 65.7 Å². The van der Waals surface area contributed by atoms with Gasteiger partial charge >= 0.3 is 0 Å². The normalized spacial score (nSPS) is 14.4. The van der Waals surface area contributed by atoms with Crippen LogP contribution in [0.1, 0.15) is 29.9 Å². The Morgan fingerprint density at radius 1 is 1.05 bits per heavy atom. The summed E-state index contributed by atoms with van der Waals surface area (Å²) in [5, 5.41) is 7.25. The zero-order valence-corrected chi connectivity index (χ0v) is 21.7. The highest BCUT2D eigenvalue weighted by molar-refractivity contribution is 5.78. The molecule has 38 heavy (non-hydrogen) atoms. The number of methoxy groups -OCH3 is 2. The maximum absolute atomic E-state index is 12.8. The number of carbonyl (C=O) groups excluding carboxylic acids is 1. The van der Waals surface area contributed by atoms with E-state index in [9.17, 15) is 4.79 Å². The van der Waals surface area contributed by atoms with Crippen LogP contribution < -0.4 is 14.8 Å². The minimum atomic E-state index is 0.00499. The topological polar surface area (TPSA) is 108 Å². The fraction of sp³-hybridized carbons (Fsp3) is 0.357. The summed E-state index contributed by atoms with van der Waals surface area (Å²) in [6.07, 6.45) is 7.11. The molecule has 0 unspecified atom stereocenters. The minimum Gasteiger partial charge on any atom is -0.493 e. The minimum absolute atomic E-state index is 0.00499. The number of amides is 1. The van der Waals surface area contributed by atoms with Crippen LogP contribution in [0.2, 0.25) is 0 Å². The first-order valence-corrected chi connectivity index (χ1v) is 12.7. The van der Waals surface area contributed by atoms with Crippen molar-refractivity contribution in [2.24, 2.45) is 5.92 Å². The van der Waals surface area contributed by atoms with Crippen LogP contribution in [0.25, 0.3) is 11.4 Å². The monoisotopic (exact) mass is 516 g/mol. The van der Waals surface area contributed by atoms with Crippen molar-refractivity contribution in [3.63, 3.8) is 0 Å². The van der Waals surface area contributed by atoms with Gasteiger partial charge in [0.15, 0.2) is 11.5 Å². The Labute approximate surface area is 221 Å². The average molecular weight is 517 g/mol. The molecular formula is C28H32N6O4. The molecule has 1 aliphatic heterocycles. The summed E-state index contributed by atoms with van der Waals surface area (Å²) >= 11 is 0. The molecule has 0 aliphatic carbocycles. The maximum Gasteiger partial charge on any atom is 0.241 e. The van der Waals surface area contributed by atoms with Gasteiger partial charge in [0.1, 0.15) is 0 Å². The molecule has 1 N–H and O–H groups in total. The van der Waals surface area contributed by atoms with Crippen molar-refractivity contribution in [1.29, 1.82) is 0 Å². The number of likely N-dealkylation sites (tertiary alicyclic amines) is 1. The van der Waals surface area contributed by atoms with Crippen LogP contribution in [0.3, 0.4) is 0 Å². The van der Waals surface area contributed by atoms with E-state index in [0.29, 0.717) is 36.3 Å². The van der Waals surface area contributed by atoms with E-state index in [-0.39, 0.29) is 11.8 Å². The molecule has 5 rings (SSSR count). The van der Waals surface area contributed by atoms with Crippen LogP contribution in [-0.2, 0) is 24.4 Å². The first-order chi connectivity index (χ1) is 18.6. The zero-order chi connectivity index (χ0) is 26.3. The van der Waals surface area contributed by atoms with Gasteiger partial charge in [-0.15, -0.1) is 0 Å². The number of aromatic nitrogens is 4. The Bertz CT molecular complexity index is 1350. The van der Waals surface area contributed by atoms with Crippen molar-refractivity contribution in [2.45, 2.75) is 32.5 Å². The van der Waals surface area contributed by atoms with Gasteiger partial charge in [-0.2, -0.15) is 4.98 Å². The van der Waals surface area contributed by atoms with Gasteiger partial charge in [0.05, 0.1) is 27.1 Å². The SMILES string of the molecule is COc1ccc(-c2noc(CN3CCC(C(=O)NCc4cccc(Cn5ccnc5)c4)CC3)n2)cc1OC. The van der Waals surface area contributed by atoms with E-state index in [0.717, 1.165) is 43.6 Å². The number of benzene rings is 2. The number of carbonyl (C=O) groups is 1. The van der Waals surface area contributed by atoms with Gasteiger partial charge in [0, 0.05) is 37.0 Å². The average Bonchev–Trinajstić information content (AvgIpc) is 3.64. The third kappa shape index (κ3) is 6.20. The molecule has 1 amide bonds. The van der Waals surface area contributed by atoms with Crippen molar-refractivity contribution in [1.82, 2.24) is 29.9 Å². The van der Waals surface area contributed by atoms with Crippen molar-refractivity contribution in [3.05, 3.63) is 78.2 Å². The van der Waals surface area contributed by atoms with Crippen molar-refractivity contribution >= 4 is 5.91 Å². The number of hydrogen-bond acceptors (Lipinski definition) is 8. The molecule has 1 saturated heterocycles. The Morgan fingerprint density at radius 3 is 2.63 bits per heavy atom. The highest BCUT2D eigenvalue weighted by Crippen LogP contribution is 2.31. The largest absolute Gasteiger partial charge is 0.493 e. The van der Waals surface area contributed by atoms with Crippen LogP contribution in [-0.4, -0.2) is 57.8 Å². The van der Waals surface area contributed by atoms with Gasteiger partial charge in [0.2, 0.25) is 17.6 Å². The number of imidazole rings is 1. The molecule has 10 heteroatoms. The van der Waals surface area contributed by atoms with E-state index < -0.39 is 0 Å². The second-order valence-corrected chi connectivity index (χ2v) is 9.40. The molecule has 0 bridgehead atoms. The Hall–Kier alpha value is -4.18. The summed E-state index contributed by atoms with van der Waals surface area (Å²) in [4.78, 5) is 23.7. The van der Waals surface area contributed by atoms with Gasteiger partial charge in [0.25, 0.3) is 0 Å². The lowest BCUT2D eigenvalue weighted by atomic mass is 9.96. The summed E-state index contributed by atoms with van der Waals surface area (Å²) in [7, 11) is 3.19. The van der Waals surface area contributed by atoms with E-state index in [1.165, 1.54) is 5.56 Å². The molecule has 4 aromatic rings. The van der Waals surface area contributed by atoms with E-state index in [4.69, 9.17) is 14.0 Å². The zero-order valence-electron chi connectivity index (χ0n) is 21.7. The molecule has 1 aliphatic rings. The fourth-order valence-electron chi connectivity index (χ4n) is 4.72. The number of hydrogen-bond donors (Lipinski definition) is 1. The Balaban J connectivity index is 1.09. The molecule has 2 aromatic carbocycles. The van der Waals surface area contributed by atoms with Crippen LogP contribution in [0.4, 0.5) is 0 Å². The quantitative estimate of drug-likeness (QED) is 0.341. The van der Waals surface area contributed by atoms with Gasteiger partial charge in [-0.3, -0.25) is 9.69 Å². The van der Waals surface area contributed by atoms with Gasteiger partial charge < -0.3 is 23.9 Å². The van der Waals surface area contributed by atoms with E-state index >= 15 is 0 Å². The summed E-state index contributed by atoms with van der Waals surface area (Å²) in [6.45, 7) is 3.44. The Kier molecular flexibility index (Phi) is 7.98. The molecule has 0 radical (unpaired) electrons. The summed E-state index contributed by atoms with van der Waals surface area (Å²) < 4.78 is 18.2. The molecule has 2 aromatic heterocycles. The highest BCUT2D eigenvalue weighted by atomic mass is 16.5. The summed E-state index contributed by atoms with van der Waals surface area (Å²) in [5.74, 6) is 2.42. The maximum atomic E-state index is 12.8. The predicted octanol–water partition coefficient (Wildman–Crippen LogP) is 3.53. The first kappa shape index (κ1) is 25.5. The third-order valence-corrected chi connectivity index (χ3v) is 6.81. The molecule has 3 heterocycles. The molecular weight excluding hydrogens is 484 g/mol. The number of piperidine rings is 1. The smallest absolute Gasteiger partial charge is 0.241 e. The third-order valence-electron chi connectivity index (χ3n) is 6.81. The number of ether oxygens (including phenoxy) is 2. The summed E-state index contributed by atoms with van der Waals surface area (Å²) in [5.41, 5.74) is 3.06. The molecule has 1 fully saturated rings. The standard InChI is InChI=1S/C28H32N6O4/c1-36-24-7-6-23(15-25(24)37-2)27-31-26(38-32-27)18-33-11-8-22(9-12-33)28(35)30-16-20-4-3-5-21(14-20)17-34-13-10-29-19-34/h3-7,10,13-15,19,22H,8-9,11-12,16-18H2,1-2H3,(H,30,35). The van der Waals surface area contributed by atoms with Crippen molar-refractivity contribution in [2.75, 3.05) is 27.3 Å². The molecule has 0 saturated carbocycles. The van der Waals surface area contributed by atoms with Gasteiger partial charge in [-0.25, -0.2) is 4.98 Å². The lowest BCUT2D eigenvalue weighted by molar-refractivity contribution is -0.126. The number of nitrogens with zero attached hydrogens (tertiary/aromatic N) is 5.